The first-order chi connectivity index (χ1) is 11.4. The van der Waals surface area contributed by atoms with Crippen LogP contribution in [0.5, 0.6) is 0 Å². The number of carbonyl (C=O) groups is 3. The molecule has 2 amide bonds. The molecule has 3 rings (SSSR count). The molecule has 7 heteroatoms. The van der Waals surface area contributed by atoms with E-state index in [1.807, 2.05) is 0 Å². The van der Waals surface area contributed by atoms with E-state index in [1.165, 1.54) is 12.1 Å². The lowest BCUT2D eigenvalue weighted by Gasteiger charge is -2.22. The number of benzene rings is 2. The van der Waals surface area contributed by atoms with Crippen LogP contribution in [0.25, 0.3) is 0 Å². The lowest BCUT2D eigenvalue weighted by Crippen LogP contribution is -2.46. The first-order valence-corrected chi connectivity index (χ1v) is 7.79. The predicted octanol–water partition coefficient (Wildman–Crippen LogP) is 3.29. The third kappa shape index (κ3) is 2.77. The van der Waals surface area contributed by atoms with E-state index in [1.54, 1.807) is 30.3 Å². The van der Waals surface area contributed by atoms with E-state index < -0.39 is 23.8 Å². The molecule has 1 heterocycles. The van der Waals surface area contributed by atoms with Crippen molar-refractivity contribution >= 4 is 41.0 Å². The highest BCUT2D eigenvalue weighted by molar-refractivity contribution is 6.43. The van der Waals surface area contributed by atoms with E-state index in [-0.39, 0.29) is 27.6 Å². The average Bonchev–Trinajstić information content (AvgIpc) is 2.78. The van der Waals surface area contributed by atoms with Crippen LogP contribution in [0.3, 0.4) is 0 Å². The number of hydrogen-bond donors (Lipinski definition) is 1. The Labute approximate surface area is 147 Å². The standard InChI is InChI=1S/C17H11Cl2NO4/c18-12-7-10-11(8-13(12)19)16(22)20(15(10)21)14(17(23)24)6-9-4-2-1-3-5-9/h1-5,7-8,14H,6H2,(H,23,24). The zero-order valence-corrected chi connectivity index (χ0v) is 13.7. The van der Waals surface area contributed by atoms with Gasteiger partial charge in [-0.2, -0.15) is 0 Å². The molecule has 0 saturated heterocycles. The van der Waals surface area contributed by atoms with Crippen LogP contribution in [0.15, 0.2) is 42.5 Å². The number of imide groups is 1. The molecule has 1 atom stereocenters. The number of carboxylic acid groups (broad SMARTS) is 1. The maximum absolute atomic E-state index is 12.5. The Morgan fingerprint density at radius 2 is 1.50 bits per heavy atom. The van der Waals surface area contributed by atoms with Gasteiger partial charge in [0.15, 0.2) is 0 Å². The van der Waals surface area contributed by atoms with E-state index in [0.29, 0.717) is 5.56 Å². The molecule has 0 spiro atoms. The van der Waals surface area contributed by atoms with E-state index in [2.05, 4.69) is 0 Å². The number of amides is 2. The minimum Gasteiger partial charge on any atom is -0.480 e. The SMILES string of the molecule is O=C(O)C(Cc1ccccc1)N1C(=O)c2cc(Cl)c(Cl)cc2C1=O. The van der Waals surface area contributed by atoms with Crippen molar-refractivity contribution in [3.63, 3.8) is 0 Å². The van der Waals surface area contributed by atoms with Crippen molar-refractivity contribution in [1.82, 2.24) is 4.90 Å². The molecule has 1 N–H and O–H groups in total. The summed E-state index contributed by atoms with van der Waals surface area (Å²) in [6.45, 7) is 0. The molecular weight excluding hydrogens is 353 g/mol. The third-order valence-electron chi connectivity index (χ3n) is 3.83. The van der Waals surface area contributed by atoms with Crippen molar-refractivity contribution in [2.45, 2.75) is 12.5 Å². The molecular formula is C17H11Cl2NO4. The van der Waals surface area contributed by atoms with Gasteiger partial charge < -0.3 is 5.11 Å². The lowest BCUT2D eigenvalue weighted by atomic mass is 10.0. The van der Waals surface area contributed by atoms with Gasteiger partial charge in [-0.05, 0) is 17.7 Å². The van der Waals surface area contributed by atoms with Crippen molar-refractivity contribution in [3.05, 3.63) is 69.2 Å². The van der Waals surface area contributed by atoms with Crippen molar-refractivity contribution in [1.29, 1.82) is 0 Å². The highest BCUT2D eigenvalue weighted by atomic mass is 35.5. The van der Waals surface area contributed by atoms with Crippen LogP contribution in [-0.2, 0) is 11.2 Å². The van der Waals surface area contributed by atoms with Gasteiger partial charge in [0, 0.05) is 6.42 Å². The zero-order chi connectivity index (χ0) is 17.4. The molecule has 1 aliphatic heterocycles. The fourth-order valence-electron chi connectivity index (χ4n) is 2.66. The Kier molecular flexibility index (Phi) is 4.30. The van der Waals surface area contributed by atoms with Gasteiger partial charge in [0.2, 0.25) is 0 Å². The molecule has 5 nitrogen and oxygen atoms in total. The molecule has 0 fully saturated rings. The summed E-state index contributed by atoms with van der Waals surface area (Å²) in [5, 5.41) is 9.79. The number of fused-ring (bicyclic) bond motifs is 1. The monoisotopic (exact) mass is 363 g/mol. The molecule has 122 valence electrons. The Hall–Kier alpha value is -2.37. The van der Waals surface area contributed by atoms with Gasteiger partial charge >= 0.3 is 5.97 Å². The molecule has 2 aromatic rings. The first-order valence-electron chi connectivity index (χ1n) is 7.04. The largest absolute Gasteiger partial charge is 0.480 e. The molecule has 0 saturated carbocycles. The van der Waals surface area contributed by atoms with E-state index in [4.69, 9.17) is 23.2 Å². The van der Waals surface area contributed by atoms with Gasteiger partial charge in [0.25, 0.3) is 11.8 Å². The summed E-state index contributed by atoms with van der Waals surface area (Å²) in [6, 6.07) is 10.1. The maximum atomic E-state index is 12.5. The zero-order valence-electron chi connectivity index (χ0n) is 12.2. The Bertz CT molecular complexity index is 810. The number of halogens is 2. The number of aliphatic carboxylic acids is 1. The second-order valence-corrected chi connectivity index (χ2v) is 6.15. The summed E-state index contributed by atoms with van der Waals surface area (Å²) in [5.41, 5.74) is 0.833. The molecule has 0 aromatic heterocycles. The van der Waals surface area contributed by atoms with Gasteiger partial charge in [-0.15, -0.1) is 0 Å². The molecule has 0 radical (unpaired) electrons. The van der Waals surface area contributed by atoms with Crippen molar-refractivity contribution in [2.24, 2.45) is 0 Å². The molecule has 2 aromatic carbocycles. The lowest BCUT2D eigenvalue weighted by molar-refractivity contribution is -0.141. The van der Waals surface area contributed by atoms with Crippen LogP contribution in [0.1, 0.15) is 26.3 Å². The minimum atomic E-state index is -1.31. The quantitative estimate of drug-likeness (QED) is 0.845. The fourth-order valence-corrected chi connectivity index (χ4v) is 2.99. The third-order valence-corrected chi connectivity index (χ3v) is 4.55. The van der Waals surface area contributed by atoms with E-state index in [9.17, 15) is 19.5 Å². The van der Waals surface area contributed by atoms with Crippen molar-refractivity contribution in [2.75, 3.05) is 0 Å². The Morgan fingerprint density at radius 1 is 1.00 bits per heavy atom. The van der Waals surface area contributed by atoms with Crippen molar-refractivity contribution in [3.8, 4) is 0 Å². The second-order valence-electron chi connectivity index (χ2n) is 5.34. The summed E-state index contributed by atoms with van der Waals surface area (Å²) in [5.74, 6) is -2.63. The van der Waals surface area contributed by atoms with Crippen molar-refractivity contribution < 1.29 is 19.5 Å². The van der Waals surface area contributed by atoms with Crippen LogP contribution in [0.4, 0.5) is 0 Å². The fraction of sp³-hybridized carbons (Fsp3) is 0.118. The summed E-state index contributed by atoms with van der Waals surface area (Å²) < 4.78 is 0. The highest BCUT2D eigenvalue weighted by Crippen LogP contribution is 2.33. The molecule has 0 bridgehead atoms. The summed E-state index contributed by atoms with van der Waals surface area (Å²) >= 11 is 11.8. The van der Waals surface area contributed by atoms with E-state index in [0.717, 1.165) is 4.90 Å². The number of hydrogen-bond acceptors (Lipinski definition) is 3. The predicted molar refractivity (Wildman–Crippen MR) is 88.5 cm³/mol. The molecule has 1 aliphatic rings. The van der Waals surface area contributed by atoms with Crippen LogP contribution in [0, 0.1) is 0 Å². The minimum absolute atomic E-state index is 0.0170. The van der Waals surface area contributed by atoms with Gasteiger partial charge in [-0.3, -0.25) is 14.5 Å². The van der Waals surface area contributed by atoms with Gasteiger partial charge in [-0.25, -0.2) is 4.79 Å². The second kappa shape index (κ2) is 6.26. The van der Waals surface area contributed by atoms with Crippen LogP contribution in [-0.4, -0.2) is 33.8 Å². The van der Waals surface area contributed by atoms with Gasteiger partial charge in [-0.1, -0.05) is 53.5 Å². The number of carbonyl (C=O) groups excluding carboxylic acids is 2. The van der Waals surface area contributed by atoms with Crippen LogP contribution in [0.2, 0.25) is 10.0 Å². The van der Waals surface area contributed by atoms with Crippen LogP contribution >= 0.6 is 23.2 Å². The van der Waals surface area contributed by atoms with Gasteiger partial charge in [0.1, 0.15) is 6.04 Å². The summed E-state index contributed by atoms with van der Waals surface area (Å²) in [4.78, 5) is 37.5. The summed E-state index contributed by atoms with van der Waals surface area (Å²) in [7, 11) is 0. The smallest absolute Gasteiger partial charge is 0.327 e. The highest BCUT2D eigenvalue weighted by Gasteiger charge is 2.43. The summed E-state index contributed by atoms with van der Waals surface area (Å²) in [6.07, 6.45) is 0.0170. The Balaban J connectivity index is 1.99. The number of carboxylic acids is 1. The molecule has 1 unspecified atom stereocenters. The topological polar surface area (TPSA) is 74.7 Å². The van der Waals surface area contributed by atoms with Crippen LogP contribution < -0.4 is 0 Å². The number of nitrogens with zero attached hydrogens (tertiary/aromatic N) is 1. The average molecular weight is 364 g/mol. The Morgan fingerprint density at radius 3 is 1.96 bits per heavy atom. The number of rotatable bonds is 4. The molecule has 24 heavy (non-hydrogen) atoms. The van der Waals surface area contributed by atoms with Gasteiger partial charge in [0.05, 0.1) is 21.2 Å². The normalized spacial score (nSPS) is 14.7. The maximum Gasteiger partial charge on any atom is 0.327 e. The molecule has 0 aliphatic carbocycles. The first kappa shape index (κ1) is 16.5. The van der Waals surface area contributed by atoms with E-state index >= 15 is 0 Å².